The van der Waals surface area contributed by atoms with Crippen molar-refractivity contribution in [1.82, 2.24) is 0 Å². The van der Waals surface area contributed by atoms with Crippen LogP contribution in [0.15, 0.2) is 51.5 Å². The molecule has 0 aliphatic rings. The Labute approximate surface area is 184 Å². The highest BCUT2D eigenvalue weighted by Crippen LogP contribution is 2.39. The lowest BCUT2D eigenvalue weighted by Crippen LogP contribution is -2.23. The quantitative estimate of drug-likeness (QED) is 0.532. The molecule has 0 bridgehead atoms. The van der Waals surface area contributed by atoms with Crippen LogP contribution in [0.5, 0.6) is 5.75 Å². The minimum atomic E-state index is -5.45. The first-order valence-corrected chi connectivity index (χ1v) is 11.0. The molecule has 0 heterocycles. The summed E-state index contributed by atoms with van der Waals surface area (Å²) in [5, 5.41) is 10.7. The Balaban J connectivity index is 2.45. The molecular weight excluding hydrogens is 449 g/mol. The van der Waals surface area contributed by atoms with Gasteiger partial charge < -0.3 is 15.0 Å². The Morgan fingerprint density at radius 2 is 1.69 bits per heavy atom. The number of anilines is 2. The normalized spacial score (nSPS) is 12.1. The predicted molar refractivity (Wildman–Crippen MR) is 115 cm³/mol. The van der Waals surface area contributed by atoms with Gasteiger partial charge in [-0.05, 0) is 44.2 Å². The average Bonchev–Trinajstić information content (AvgIpc) is 2.73. The summed E-state index contributed by atoms with van der Waals surface area (Å²) in [6.45, 7) is 6.66. The van der Waals surface area contributed by atoms with Gasteiger partial charge in [0.2, 0.25) is 5.91 Å². The van der Waals surface area contributed by atoms with Crippen molar-refractivity contribution in [3.8, 4) is 5.75 Å². The third-order valence-corrected chi connectivity index (χ3v) is 5.94. The first kappa shape index (κ1) is 25.1. The molecule has 0 saturated heterocycles. The number of nitrogens with zero attached hydrogens (tertiary/aromatic N) is 3. The van der Waals surface area contributed by atoms with Gasteiger partial charge in [-0.25, -0.2) is 8.42 Å². The van der Waals surface area contributed by atoms with E-state index >= 15 is 0 Å². The maximum atomic E-state index is 12.7. The van der Waals surface area contributed by atoms with Gasteiger partial charge in [-0.3, -0.25) is 4.79 Å². The van der Waals surface area contributed by atoms with Gasteiger partial charge in [-0.15, -0.1) is 5.11 Å². The van der Waals surface area contributed by atoms with Gasteiger partial charge in [-0.2, -0.15) is 18.3 Å². The summed E-state index contributed by atoms with van der Waals surface area (Å²) in [5.74, 6) is 0.155. The van der Waals surface area contributed by atoms with Crippen LogP contribution in [0.25, 0.3) is 0 Å². The van der Waals surface area contributed by atoms with Crippen LogP contribution in [0.2, 0.25) is 0 Å². The second-order valence-electron chi connectivity index (χ2n) is 6.54. The highest BCUT2D eigenvalue weighted by molar-refractivity contribution is 7.92. The Morgan fingerprint density at radius 3 is 2.16 bits per heavy atom. The number of amides is 1. The number of benzene rings is 2. The van der Waals surface area contributed by atoms with Gasteiger partial charge in [0, 0.05) is 26.1 Å². The fourth-order valence-electron chi connectivity index (χ4n) is 2.84. The van der Waals surface area contributed by atoms with Crippen molar-refractivity contribution >= 4 is 38.5 Å². The third-order valence-electron chi connectivity index (χ3n) is 4.44. The van der Waals surface area contributed by atoms with E-state index in [4.69, 9.17) is 4.74 Å². The average molecular weight is 472 g/mol. The highest BCUT2D eigenvalue weighted by atomic mass is 32.2. The van der Waals surface area contributed by atoms with E-state index in [9.17, 15) is 26.4 Å². The zero-order valence-corrected chi connectivity index (χ0v) is 18.7. The van der Waals surface area contributed by atoms with Crippen molar-refractivity contribution in [3.05, 3.63) is 36.4 Å². The first-order chi connectivity index (χ1) is 14.9. The fourth-order valence-corrected chi connectivity index (χ4v) is 3.60. The number of sulfone groups is 1. The molecule has 0 saturated carbocycles. The van der Waals surface area contributed by atoms with E-state index in [1.807, 2.05) is 18.7 Å². The van der Waals surface area contributed by atoms with Crippen molar-refractivity contribution in [2.75, 3.05) is 30.4 Å². The molecule has 0 aliphatic carbocycles. The molecule has 0 radical (unpaired) electrons. The maximum absolute atomic E-state index is 12.7. The van der Waals surface area contributed by atoms with Crippen LogP contribution in [0.1, 0.15) is 20.8 Å². The van der Waals surface area contributed by atoms with E-state index in [0.717, 1.165) is 30.0 Å². The second-order valence-corrected chi connectivity index (χ2v) is 8.48. The van der Waals surface area contributed by atoms with Crippen molar-refractivity contribution in [1.29, 1.82) is 0 Å². The molecule has 0 aliphatic heterocycles. The minimum Gasteiger partial charge on any atom is -0.494 e. The number of ether oxygens (including phenoxy) is 1. The van der Waals surface area contributed by atoms with Crippen molar-refractivity contribution < 1.29 is 31.1 Å². The Morgan fingerprint density at radius 1 is 1.09 bits per heavy atom. The molecule has 0 unspecified atom stereocenters. The number of halogens is 3. The van der Waals surface area contributed by atoms with Crippen LogP contribution in [0.3, 0.4) is 0 Å². The number of carbonyl (C=O) groups excluding carboxylic acids is 1. The zero-order chi connectivity index (χ0) is 24.1. The number of hydrogen-bond donors (Lipinski definition) is 1. The summed E-state index contributed by atoms with van der Waals surface area (Å²) >= 11 is 0. The molecule has 0 fully saturated rings. The van der Waals surface area contributed by atoms with Crippen LogP contribution in [-0.2, 0) is 14.6 Å². The fraction of sp³-hybridized carbons (Fsp3) is 0.350. The Bertz CT molecular complexity index is 1100. The van der Waals surface area contributed by atoms with Crippen LogP contribution in [0.4, 0.5) is 35.9 Å². The molecule has 2 rings (SSSR count). The molecule has 12 heteroatoms. The lowest BCUT2D eigenvalue weighted by Gasteiger charge is -2.24. The zero-order valence-electron chi connectivity index (χ0n) is 17.9. The summed E-state index contributed by atoms with van der Waals surface area (Å²) in [4.78, 5) is 12.8. The monoisotopic (exact) mass is 472 g/mol. The molecule has 0 spiro atoms. The second kappa shape index (κ2) is 9.98. The van der Waals surface area contributed by atoms with E-state index in [1.54, 1.807) is 12.1 Å². The molecule has 32 heavy (non-hydrogen) atoms. The smallest absolute Gasteiger partial charge is 0.494 e. The van der Waals surface area contributed by atoms with E-state index in [2.05, 4.69) is 15.5 Å². The topological polar surface area (TPSA) is 100 Å². The lowest BCUT2D eigenvalue weighted by molar-refractivity contribution is -0.114. The summed E-state index contributed by atoms with van der Waals surface area (Å²) < 4.78 is 66.4. The molecule has 8 nitrogen and oxygen atoms in total. The van der Waals surface area contributed by atoms with E-state index in [0.29, 0.717) is 24.5 Å². The number of hydrogen-bond acceptors (Lipinski definition) is 7. The molecule has 2 aromatic rings. The number of nitrogens with one attached hydrogen (secondary N) is 1. The number of azo groups is 1. The predicted octanol–water partition coefficient (Wildman–Crippen LogP) is 5.21. The number of alkyl halides is 3. The SMILES string of the molecule is CCN(CC)c1cc(NC(C)=O)c(N=Nc2ccc(S(=O)(=O)C(F)(F)F)cc2)cc1OC. The summed E-state index contributed by atoms with van der Waals surface area (Å²) in [7, 11) is -3.96. The van der Waals surface area contributed by atoms with Gasteiger partial charge in [-0.1, -0.05) is 0 Å². The van der Waals surface area contributed by atoms with E-state index < -0.39 is 20.2 Å². The maximum Gasteiger partial charge on any atom is 0.501 e. The van der Waals surface area contributed by atoms with Crippen LogP contribution in [0, 0.1) is 0 Å². The summed E-state index contributed by atoms with van der Waals surface area (Å²) in [6.07, 6.45) is 0. The number of carbonyl (C=O) groups is 1. The van der Waals surface area contributed by atoms with Crippen LogP contribution >= 0.6 is 0 Å². The standard InChI is InChI=1S/C20H23F3N4O4S/c1-5-27(6-2)18-11-16(24-13(3)28)17(12-19(18)31-4)26-25-14-7-9-15(10-8-14)32(29,30)20(21,22)23/h7-12H,5-6H2,1-4H3,(H,24,28). The van der Waals surface area contributed by atoms with Crippen LogP contribution in [-0.4, -0.2) is 40.0 Å². The Hall–Kier alpha value is -3.15. The van der Waals surface area contributed by atoms with Crippen molar-refractivity contribution in [2.24, 2.45) is 10.2 Å². The first-order valence-electron chi connectivity index (χ1n) is 9.52. The van der Waals surface area contributed by atoms with E-state index in [-0.39, 0.29) is 17.3 Å². The number of rotatable bonds is 8. The molecule has 174 valence electrons. The van der Waals surface area contributed by atoms with Gasteiger partial charge in [0.25, 0.3) is 9.84 Å². The summed E-state index contributed by atoms with van der Waals surface area (Å²) in [5.41, 5.74) is -3.93. The molecule has 0 atom stereocenters. The number of methoxy groups -OCH3 is 1. The third kappa shape index (κ3) is 5.55. The molecule has 1 amide bonds. The minimum absolute atomic E-state index is 0.117. The van der Waals surface area contributed by atoms with Gasteiger partial charge in [0.05, 0.1) is 29.1 Å². The van der Waals surface area contributed by atoms with Gasteiger partial charge >= 0.3 is 5.51 Å². The molecule has 1 N–H and O–H groups in total. The molecular formula is C20H23F3N4O4S. The molecule has 0 aromatic heterocycles. The largest absolute Gasteiger partial charge is 0.501 e. The molecule has 2 aromatic carbocycles. The summed E-state index contributed by atoms with van der Waals surface area (Å²) in [6, 6.07) is 7.07. The Kier molecular flexibility index (Phi) is 7.83. The van der Waals surface area contributed by atoms with E-state index in [1.165, 1.54) is 14.0 Å². The highest BCUT2D eigenvalue weighted by Gasteiger charge is 2.46. The van der Waals surface area contributed by atoms with Gasteiger partial charge in [0.1, 0.15) is 11.4 Å². The van der Waals surface area contributed by atoms with Crippen molar-refractivity contribution in [3.63, 3.8) is 0 Å². The van der Waals surface area contributed by atoms with Gasteiger partial charge in [0.15, 0.2) is 0 Å². The van der Waals surface area contributed by atoms with Crippen molar-refractivity contribution in [2.45, 2.75) is 31.2 Å². The van der Waals surface area contributed by atoms with Crippen LogP contribution < -0.4 is 15.0 Å². The lowest BCUT2D eigenvalue weighted by atomic mass is 10.2.